The fourth-order valence-electron chi connectivity index (χ4n) is 2.57. The first-order chi connectivity index (χ1) is 12.4. The number of fused-ring (bicyclic) bond motifs is 1. The maximum atomic E-state index is 12.7. The highest BCUT2D eigenvalue weighted by Crippen LogP contribution is 2.23. The molecule has 0 saturated heterocycles. The molecular formula is C18H15BrN2O4S. The number of nitrogens with zero attached hydrogens (tertiary/aromatic N) is 1. The van der Waals surface area contributed by atoms with Gasteiger partial charge in [0.1, 0.15) is 0 Å². The van der Waals surface area contributed by atoms with Crippen molar-refractivity contribution in [2.45, 2.75) is 11.4 Å². The summed E-state index contributed by atoms with van der Waals surface area (Å²) in [7, 11) is -2.72. The summed E-state index contributed by atoms with van der Waals surface area (Å²) in [6.07, 6.45) is 1.63. The number of halogens is 1. The van der Waals surface area contributed by atoms with Crippen molar-refractivity contribution in [3.63, 3.8) is 0 Å². The van der Waals surface area contributed by atoms with Crippen molar-refractivity contribution in [2.75, 3.05) is 7.11 Å². The van der Waals surface area contributed by atoms with Crippen molar-refractivity contribution in [2.24, 2.45) is 0 Å². The zero-order valence-corrected chi connectivity index (χ0v) is 16.2. The highest BCUT2D eigenvalue weighted by molar-refractivity contribution is 9.10. The number of pyridine rings is 1. The van der Waals surface area contributed by atoms with Gasteiger partial charge in [-0.2, -0.15) is 0 Å². The monoisotopic (exact) mass is 434 g/mol. The van der Waals surface area contributed by atoms with E-state index in [1.165, 1.54) is 19.2 Å². The largest absolute Gasteiger partial charge is 0.465 e. The molecule has 0 aliphatic rings. The molecule has 0 aliphatic carbocycles. The van der Waals surface area contributed by atoms with Gasteiger partial charge in [0.2, 0.25) is 10.0 Å². The maximum Gasteiger partial charge on any atom is 0.339 e. The fourth-order valence-corrected chi connectivity index (χ4v) is 4.11. The number of hydrogen-bond donors (Lipinski definition) is 1. The van der Waals surface area contributed by atoms with Gasteiger partial charge in [-0.1, -0.05) is 34.1 Å². The molecule has 0 saturated carbocycles. The first-order valence-electron chi connectivity index (χ1n) is 7.62. The minimum absolute atomic E-state index is 0.0334. The molecule has 0 amide bonds. The molecule has 6 nitrogen and oxygen atoms in total. The van der Waals surface area contributed by atoms with Crippen molar-refractivity contribution < 1.29 is 17.9 Å². The topological polar surface area (TPSA) is 85.4 Å². The molecule has 0 bridgehead atoms. The first kappa shape index (κ1) is 18.5. The summed E-state index contributed by atoms with van der Waals surface area (Å²) < 4.78 is 33.3. The van der Waals surface area contributed by atoms with E-state index in [9.17, 15) is 13.2 Å². The zero-order valence-electron chi connectivity index (χ0n) is 13.8. The molecular weight excluding hydrogens is 420 g/mol. The van der Waals surface area contributed by atoms with Gasteiger partial charge in [-0.05, 0) is 35.9 Å². The fraction of sp³-hybridized carbons (Fsp3) is 0.111. The van der Waals surface area contributed by atoms with Gasteiger partial charge >= 0.3 is 5.97 Å². The Balaban J connectivity index is 1.94. The van der Waals surface area contributed by atoms with Gasteiger partial charge in [0.05, 0.1) is 23.1 Å². The first-order valence-corrected chi connectivity index (χ1v) is 9.90. The Labute approximate surface area is 159 Å². The molecule has 0 radical (unpaired) electrons. The van der Waals surface area contributed by atoms with E-state index in [1.54, 1.807) is 18.3 Å². The van der Waals surface area contributed by atoms with Crippen LogP contribution in [-0.4, -0.2) is 26.5 Å². The van der Waals surface area contributed by atoms with Crippen LogP contribution in [0.5, 0.6) is 0 Å². The molecule has 26 heavy (non-hydrogen) atoms. The molecule has 3 rings (SSSR count). The minimum atomic E-state index is -3.92. The van der Waals surface area contributed by atoms with Crippen LogP contribution in [0.2, 0.25) is 0 Å². The van der Waals surface area contributed by atoms with Crippen LogP contribution in [0, 0.1) is 0 Å². The normalized spacial score (nSPS) is 11.5. The number of aromatic nitrogens is 1. The second-order valence-corrected chi connectivity index (χ2v) is 8.09. The molecule has 8 heteroatoms. The smallest absolute Gasteiger partial charge is 0.339 e. The molecule has 0 atom stereocenters. The molecule has 0 spiro atoms. The average molecular weight is 435 g/mol. The van der Waals surface area contributed by atoms with Gasteiger partial charge in [-0.25, -0.2) is 17.9 Å². The Morgan fingerprint density at radius 1 is 1.19 bits per heavy atom. The average Bonchev–Trinajstić information content (AvgIpc) is 2.65. The predicted octanol–water partition coefficient (Wildman–Crippen LogP) is 3.26. The van der Waals surface area contributed by atoms with E-state index in [-0.39, 0.29) is 17.0 Å². The molecule has 3 aromatic rings. The van der Waals surface area contributed by atoms with Crippen LogP contribution >= 0.6 is 15.9 Å². The van der Waals surface area contributed by atoms with E-state index in [1.807, 2.05) is 24.3 Å². The lowest BCUT2D eigenvalue weighted by Gasteiger charge is -2.12. The lowest BCUT2D eigenvalue weighted by atomic mass is 10.1. The van der Waals surface area contributed by atoms with E-state index in [2.05, 4.69) is 30.4 Å². The van der Waals surface area contributed by atoms with Crippen molar-refractivity contribution in [3.05, 3.63) is 70.3 Å². The van der Waals surface area contributed by atoms with Crippen molar-refractivity contribution >= 4 is 42.8 Å². The summed E-state index contributed by atoms with van der Waals surface area (Å²) in [6, 6.07) is 13.6. The number of esters is 1. The Morgan fingerprint density at radius 2 is 1.96 bits per heavy atom. The zero-order chi connectivity index (χ0) is 18.7. The number of benzene rings is 2. The van der Waals surface area contributed by atoms with Crippen LogP contribution in [0.4, 0.5) is 0 Å². The minimum Gasteiger partial charge on any atom is -0.465 e. The quantitative estimate of drug-likeness (QED) is 0.622. The molecule has 1 aromatic heterocycles. The van der Waals surface area contributed by atoms with Crippen molar-refractivity contribution in [3.8, 4) is 0 Å². The van der Waals surface area contributed by atoms with Gasteiger partial charge in [0.25, 0.3) is 0 Å². The number of rotatable bonds is 5. The van der Waals surface area contributed by atoms with Gasteiger partial charge in [0.15, 0.2) is 0 Å². The van der Waals surface area contributed by atoms with Gasteiger partial charge < -0.3 is 4.74 Å². The standard InChI is InChI=1S/C18H15BrN2O4S/c1-25-18(22)15-10-13(19)6-7-17(15)26(23,24)21-11-12-8-9-20-16-5-3-2-4-14(12)16/h2-10,21H,11H2,1H3. The number of hydrogen-bond acceptors (Lipinski definition) is 5. The summed E-state index contributed by atoms with van der Waals surface area (Å²) in [5, 5.41) is 0.863. The molecule has 0 aliphatic heterocycles. The molecule has 0 fully saturated rings. The summed E-state index contributed by atoms with van der Waals surface area (Å²) in [4.78, 5) is 16.1. The van der Waals surface area contributed by atoms with Crippen LogP contribution in [-0.2, 0) is 21.3 Å². The Bertz CT molecular complexity index is 1080. The van der Waals surface area contributed by atoms with Gasteiger partial charge in [0, 0.05) is 22.6 Å². The highest BCUT2D eigenvalue weighted by atomic mass is 79.9. The number of nitrogens with one attached hydrogen (secondary N) is 1. The van der Waals surface area contributed by atoms with Crippen molar-refractivity contribution in [1.29, 1.82) is 0 Å². The maximum absolute atomic E-state index is 12.7. The van der Waals surface area contributed by atoms with E-state index in [0.717, 1.165) is 16.5 Å². The summed E-state index contributed by atoms with van der Waals surface area (Å²) in [5.74, 6) is -0.721. The van der Waals surface area contributed by atoms with Crippen molar-refractivity contribution in [1.82, 2.24) is 9.71 Å². The molecule has 1 heterocycles. The van der Waals surface area contributed by atoms with Crippen LogP contribution in [0.15, 0.2) is 64.1 Å². The van der Waals surface area contributed by atoms with Crippen LogP contribution in [0.25, 0.3) is 10.9 Å². The third-order valence-corrected chi connectivity index (χ3v) is 5.78. The van der Waals surface area contributed by atoms with E-state index in [0.29, 0.717) is 4.47 Å². The lowest BCUT2D eigenvalue weighted by molar-refractivity contribution is 0.0596. The summed E-state index contributed by atoms with van der Waals surface area (Å²) in [6.45, 7) is 0.0715. The Kier molecular flexibility index (Phi) is 5.36. The van der Waals surface area contributed by atoms with Crippen LogP contribution < -0.4 is 4.72 Å². The Morgan fingerprint density at radius 3 is 2.73 bits per heavy atom. The highest BCUT2D eigenvalue weighted by Gasteiger charge is 2.23. The lowest BCUT2D eigenvalue weighted by Crippen LogP contribution is -2.25. The summed E-state index contributed by atoms with van der Waals surface area (Å²) >= 11 is 3.23. The Hall–Kier alpha value is -2.29. The number of para-hydroxylation sites is 1. The third kappa shape index (κ3) is 3.77. The van der Waals surface area contributed by atoms with Gasteiger partial charge in [-0.3, -0.25) is 4.98 Å². The number of carbonyl (C=O) groups excluding carboxylic acids is 1. The second kappa shape index (κ2) is 7.53. The number of ether oxygens (including phenoxy) is 1. The second-order valence-electron chi connectivity index (χ2n) is 5.44. The number of sulfonamides is 1. The van der Waals surface area contributed by atoms with Crippen LogP contribution in [0.1, 0.15) is 15.9 Å². The van der Waals surface area contributed by atoms with Crippen LogP contribution in [0.3, 0.4) is 0 Å². The van der Waals surface area contributed by atoms with Gasteiger partial charge in [-0.15, -0.1) is 0 Å². The third-order valence-electron chi connectivity index (χ3n) is 3.83. The van der Waals surface area contributed by atoms with E-state index < -0.39 is 16.0 Å². The molecule has 1 N–H and O–H groups in total. The molecule has 134 valence electrons. The predicted molar refractivity (Wildman–Crippen MR) is 101 cm³/mol. The molecule has 2 aromatic carbocycles. The number of methoxy groups -OCH3 is 1. The number of carbonyl (C=O) groups is 1. The SMILES string of the molecule is COC(=O)c1cc(Br)ccc1S(=O)(=O)NCc1ccnc2ccccc12. The van der Waals surface area contributed by atoms with E-state index in [4.69, 9.17) is 0 Å². The summed E-state index contributed by atoms with van der Waals surface area (Å²) in [5.41, 5.74) is 1.54. The molecule has 0 unspecified atom stereocenters. The van der Waals surface area contributed by atoms with E-state index >= 15 is 0 Å².